The molecule has 0 aliphatic rings. The zero-order valence-corrected chi connectivity index (χ0v) is 10.4. The first-order valence-electron chi connectivity index (χ1n) is 5.45. The Kier molecular flexibility index (Phi) is 2.97. The summed E-state index contributed by atoms with van der Waals surface area (Å²) in [5.74, 6) is 1.66. The van der Waals surface area contributed by atoms with E-state index in [9.17, 15) is 0 Å². The first-order chi connectivity index (χ1) is 7.96. The highest BCUT2D eigenvalue weighted by atomic mass is 16.5. The number of nitrogens with zero attached hydrogens (tertiary/aromatic N) is 3. The monoisotopic (exact) mass is 236 g/mol. The zero-order valence-electron chi connectivity index (χ0n) is 10.4. The third-order valence-electron chi connectivity index (χ3n) is 2.22. The van der Waals surface area contributed by atoms with Crippen LogP contribution in [0.5, 0.6) is 0 Å². The van der Waals surface area contributed by atoms with Crippen LogP contribution in [0.1, 0.15) is 32.4 Å². The van der Waals surface area contributed by atoms with Gasteiger partial charge >= 0.3 is 0 Å². The molecule has 0 fully saturated rings. The van der Waals surface area contributed by atoms with E-state index in [1.165, 1.54) is 0 Å². The van der Waals surface area contributed by atoms with Gasteiger partial charge in [0.2, 0.25) is 5.89 Å². The van der Waals surface area contributed by atoms with Crippen LogP contribution in [0.2, 0.25) is 0 Å². The van der Waals surface area contributed by atoms with Gasteiger partial charge in [-0.1, -0.05) is 5.16 Å². The third-order valence-corrected chi connectivity index (χ3v) is 2.22. The van der Waals surface area contributed by atoms with Crippen LogP contribution >= 0.6 is 0 Å². The smallest absolute Gasteiger partial charge is 0.253 e. The summed E-state index contributed by atoms with van der Waals surface area (Å²) in [7, 11) is 0. The van der Waals surface area contributed by atoms with Crippen molar-refractivity contribution in [1.82, 2.24) is 20.7 Å². The van der Waals surface area contributed by atoms with E-state index in [2.05, 4.69) is 41.4 Å². The summed E-state index contributed by atoms with van der Waals surface area (Å²) in [4.78, 5) is 0. The molecule has 2 aromatic rings. The van der Waals surface area contributed by atoms with Crippen molar-refractivity contribution < 1.29 is 8.94 Å². The quantitative estimate of drug-likeness (QED) is 0.877. The second-order valence-electron chi connectivity index (χ2n) is 4.90. The molecule has 0 spiro atoms. The lowest BCUT2D eigenvalue weighted by atomic mass is 10.1. The zero-order chi connectivity index (χ0) is 12.5. The minimum Gasteiger partial charge on any atom is -0.419 e. The van der Waals surface area contributed by atoms with Gasteiger partial charge in [-0.05, 0) is 27.7 Å². The molecule has 0 bridgehead atoms. The maximum atomic E-state index is 5.52. The maximum absolute atomic E-state index is 5.52. The number of nitrogens with one attached hydrogen (secondary N) is 1. The molecule has 2 rings (SSSR count). The number of hydrogen-bond acceptors (Lipinski definition) is 6. The fourth-order valence-electron chi connectivity index (χ4n) is 1.28. The average Bonchev–Trinajstić information content (AvgIpc) is 2.81. The number of aromatic nitrogens is 3. The molecule has 0 aliphatic heterocycles. The van der Waals surface area contributed by atoms with Gasteiger partial charge in [-0.15, -0.1) is 10.2 Å². The average molecular weight is 236 g/mol. The van der Waals surface area contributed by atoms with Crippen molar-refractivity contribution in [3.05, 3.63) is 17.8 Å². The molecule has 17 heavy (non-hydrogen) atoms. The summed E-state index contributed by atoms with van der Waals surface area (Å²) in [6.07, 6.45) is 1.57. The van der Waals surface area contributed by atoms with Crippen molar-refractivity contribution in [2.24, 2.45) is 0 Å². The van der Waals surface area contributed by atoms with E-state index >= 15 is 0 Å². The van der Waals surface area contributed by atoms with E-state index < -0.39 is 0 Å². The molecule has 1 N–H and O–H groups in total. The molecule has 0 atom stereocenters. The van der Waals surface area contributed by atoms with Crippen LogP contribution < -0.4 is 5.32 Å². The highest BCUT2D eigenvalue weighted by Crippen LogP contribution is 2.21. The lowest BCUT2D eigenvalue weighted by Gasteiger charge is -2.18. The largest absolute Gasteiger partial charge is 0.419 e. The van der Waals surface area contributed by atoms with Gasteiger partial charge in [-0.25, -0.2) is 0 Å². The Labute approximate surface area is 99.4 Å². The highest BCUT2D eigenvalue weighted by molar-refractivity contribution is 5.52. The maximum Gasteiger partial charge on any atom is 0.253 e. The predicted octanol–water partition coefficient (Wildman–Crippen LogP) is 1.92. The van der Waals surface area contributed by atoms with E-state index in [0.29, 0.717) is 24.1 Å². The molecule has 6 heteroatoms. The summed E-state index contributed by atoms with van der Waals surface area (Å²) >= 11 is 0. The predicted molar refractivity (Wildman–Crippen MR) is 61.1 cm³/mol. The Balaban J connectivity index is 2.09. The van der Waals surface area contributed by atoms with Gasteiger partial charge in [0.05, 0.1) is 12.7 Å². The molecule has 0 amide bonds. The van der Waals surface area contributed by atoms with Crippen LogP contribution in [0.3, 0.4) is 0 Å². The molecule has 2 heterocycles. The fourth-order valence-corrected chi connectivity index (χ4v) is 1.28. The second kappa shape index (κ2) is 4.29. The van der Waals surface area contributed by atoms with Gasteiger partial charge in [-0.2, -0.15) is 0 Å². The lowest BCUT2D eigenvalue weighted by Crippen LogP contribution is -2.35. The first kappa shape index (κ1) is 11.8. The van der Waals surface area contributed by atoms with E-state index in [4.69, 9.17) is 8.94 Å². The van der Waals surface area contributed by atoms with Crippen molar-refractivity contribution in [3.8, 4) is 11.5 Å². The Bertz CT molecular complexity index is 496. The molecule has 0 saturated carbocycles. The molecule has 2 aromatic heterocycles. The van der Waals surface area contributed by atoms with Crippen LogP contribution in [-0.2, 0) is 6.54 Å². The van der Waals surface area contributed by atoms with Gasteiger partial charge in [0, 0.05) is 5.54 Å². The number of hydrogen-bond donors (Lipinski definition) is 1. The van der Waals surface area contributed by atoms with Crippen molar-refractivity contribution >= 4 is 0 Å². The van der Waals surface area contributed by atoms with Crippen molar-refractivity contribution in [2.75, 3.05) is 0 Å². The molecule has 0 aliphatic carbocycles. The Morgan fingerprint density at radius 2 is 2.06 bits per heavy atom. The van der Waals surface area contributed by atoms with Gasteiger partial charge in [0.15, 0.2) is 0 Å². The van der Waals surface area contributed by atoms with Crippen LogP contribution in [0.4, 0.5) is 0 Å². The van der Waals surface area contributed by atoms with Crippen LogP contribution in [-0.4, -0.2) is 20.9 Å². The van der Waals surface area contributed by atoms with E-state index in [1.807, 2.05) is 0 Å². The first-order valence-corrected chi connectivity index (χ1v) is 5.45. The van der Waals surface area contributed by atoms with Gasteiger partial charge in [0.1, 0.15) is 11.3 Å². The lowest BCUT2D eigenvalue weighted by molar-refractivity contribution is 0.382. The highest BCUT2D eigenvalue weighted by Gasteiger charge is 2.15. The normalized spacial score (nSPS) is 12.0. The van der Waals surface area contributed by atoms with Crippen LogP contribution in [0.25, 0.3) is 11.5 Å². The van der Waals surface area contributed by atoms with E-state index in [-0.39, 0.29) is 5.54 Å². The molecule has 6 nitrogen and oxygen atoms in total. The molecule has 0 radical (unpaired) electrons. The van der Waals surface area contributed by atoms with Gasteiger partial charge in [-0.3, -0.25) is 0 Å². The molecular formula is C11H16N4O2. The molecule has 92 valence electrons. The number of rotatable bonds is 3. The Morgan fingerprint density at radius 3 is 2.65 bits per heavy atom. The summed E-state index contributed by atoms with van der Waals surface area (Å²) in [5.41, 5.74) is 0.751. The third kappa shape index (κ3) is 2.91. The number of aryl methyl sites for hydroxylation is 1. The molecule has 0 aromatic carbocycles. The SMILES string of the molecule is Cc1oncc1-c1nnc(CNC(C)(C)C)o1. The Morgan fingerprint density at radius 1 is 1.29 bits per heavy atom. The van der Waals surface area contributed by atoms with Crippen LogP contribution in [0.15, 0.2) is 15.1 Å². The topological polar surface area (TPSA) is 77.0 Å². The summed E-state index contributed by atoms with van der Waals surface area (Å²) < 4.78 is 10.5. The minimum absolute atomic E-state index is 0.0156. The Hall–Kier alpha value is -1.69. The van der Waals surface area contributed by atoms with Crippen molar-refractivity contribution in [3.63, 3.8) is 0 Å². The molecule has 0 unspecified atom stereocenters. The summed E-state index contributed by atoms with van der Waals surface area (Å²) in [5, 5.41) is 14.9. The minimum atomic E-state index is 0.0156. The molecular weight excluding hydrogens is 220 g/mol. The summed E-state index contributed by atoms with van der Waals surface area (Å²) in [6.45, 7) is 8.58. The van der Waals surface area contributed by atoms with E-state index in [0.717, 1.165) is 5.56 Å². The molecule has 0 saturated heterocycles. The van der Waals surface area contributed by atoms with Gasteiger partial charge in [0.25, 0.3) is 5.89 Å². The standard InChI is InChI=1S/C11H16N4O2/c1-7-8(5-13-17-7)10-15-14-9(16-10)6-12-11(2,3)4/h5,12H,6H2,1-4H3. The fraction of sp³-hybridized carbons (Fsp3) is 0.545. The van der Waals surface area contributed by atoms with E-state index in [1.54, 1.807) is 13.1 Å². The summed E-state index contributed by atoms with van der Waals surface area (Å²) in [6, 6.07) is 0. The van der Waals surface area contributed by atoms with Gasteiger partial charge < -0.3 is 14.3 Å². The second-order valence-corrected chi connectivity index (χ2v) is 4.90. The van der Waals surface area contributed by atoms with Crippen molar-refractivity contribution in [2.45, 2.75) is 39.8 Å². The van der Waals surface area contributed by atoms with Crippen LogP contribution in [0, 0.1) is 6.92 Å². The van der Waals surface area contributed by atoms with Crippen molar-refractivity contribution in [1.29, 1.82) is 0 Å².